The molecule has 2 fully saturated rings. The lowest BCUT2D eigenvalue weighted by Gasteiger charge is -2.46. The van der Waals surface area contributed by atoms with Crippen LogP contribution >= 0.6 is 0 Å². The summed E-state index contributed by atoms with van der Waals surface area (Å²) in [6.07, 6.45) is 3.20. The van der Waals surface area contributed by atoms with Crippen LogP contribution in [0.2, 0.25) is 0 Å². The summed E-state index contributed by atoms with van der Waals surface area (Å²) >= 11 is 0. The zero-order valence-electron chi connectivity index (χ0n) is 20.4. The second-order valence-electron chi connectivity index (χ2n) is 9.61. The van der Waals surface area contributed by atoms with Crippen molar-refractivity contribution in [3.8, 4) is 0 Å². The highest BCUT2D eigenvalue weighted by Crippen LogP contribution is 2.35. The van der Waals surface area contributed by atoms with Gasteiger partial charge in [-0.25, -0.2) is 0 Å². The third kappa shape index (κ3) is 5.48. The van der Waals surface area contributed by atoms with Gasteiger partial charge in [0, 0.05) is 43.6 Å². The molecule has 35 heavy (non-hydrogen) atoms. The Morgan fingerprint density at radius 2 is 1.20 bits per heavy atom. The van der Waals surface area contributed by atoms with Gasteiger partial charge in [0.25, 0.3) is 0 Å². The first-order valence-electron chi connectivity index (χ1n) is 12.9. The van der Waals surface area contributed by atoms with Crippen molar-refractivity contribution in [1.82, 2.24) is 15.1 Å². The molecule has 2 atom stereocenters. The molecule has 1 N–H and O–H groups in total. The molecular weight excluding hydrogens is 432 g/mol. The van der Waals surface area contributed by atoms with Crippen LogP contribution in [0.5, 0.6) is 0 Å². The number of para-hydroxylation sites is 2. The van der Waals surface area contributed by atoms with Gasteiger partial charge >= 0.3 is 0 Å². The van der Waals surface area contributed by atoms with Crippen molar-refractivity contribution in [3.63, 3.8) is 0 Å². The van der Waals surface area contributed by atoms with Gasteiger partial charge in [0.2, 0.25) is 0 Å². The van der Waals surface area contributed by atoms with Crippen LogP contribution < -0.4 is 10.2 Å². The van der Waals surface area contributed by atoms with Crippen molar-refractivity contribution in [1.29, 1.82) is 0 Å². The lowest BCUT2D eigenvalue weighted by molar-refractivity contribution is -0.113. The Hall–Kier alpha value is -2.99. The van der Waals surface area contributed by atoms with E-state index in [9.17, 15) is 4.79 Å². The van der Waals surface area contributed by atoms with Crippen LogP contribution in [-0.2, 0) is 4.79 Å². The normalized spacial score (nSPS) is 19.7. The van der Waals surface area contributed by atoms with E-state index in [2.05, 4.69) is 74.6 Å². The Balaban J connectivity index is 1.36. The minimum Gasteiger partial charge on any atom is -0.318 e. The first-order chi connectivity index (χ1) is 17.3. The number of carbonyl (C=O) groups excluding carboxylic acids is 1. The van der Waals surface area contributed by atoms with E-state index in [0.29, 0.717) is 12.0 Å². The van der Waals surface area contributed by atoms with Gasteiger partial charge in [-0.05, 0) is 61.7 Å². The summed E-state index contributed by atoms with van der Waals surface area (Å²) in [7, 11) is 0. The quantitative estimate of drug-likeness (QED) is 0.485. The second-order valence-corrected chi connectivity index (χ2v) is 9.61. The van der Waals surface area contributed by atoms with E-state index in [1.807, 2.05) is 36.4 Å². The number of hydrogen-bond acceptors (Lipinski definition) is 5. The van der Waals surface area contributed by atoms with Crippen LogP contribution in [0.3, 0.4) is 0 Å². The molecule has 3 aromatic carbocycles. The summed E-state index contributed by atoms with van der Waals surface area (Å²) in [5.74, 6) is 0.664. The Morgan fingerprint density at radius 1 is 0.714 bits per heavy atom. The zero-order valence-corrected chi connectivity index (χ0v) is 20.4. The van der Waals surface area contributed by atoms with Gasteiger partial charge in [-0.2, -0.15) is 0 Å². The van der Waals surface area contributed by atoms with E-state index in [0.717, 1.165) is 56.9 Å². The average Bonchev–Trinajstić information content (AvgIpc) is 2.94. The molecule has 0 spiro atoms. The molecule has 0 saturated carbocycles. The number of anilines is 2. The number of rotatable bonds is 8. The number of hydrogen-bond donors (Lipinski definition) is 1. The van der Waals surface area contributed by atoms with E-state index in [1.54, 1.807) is 0 Å². The molecule has 2 heterocycles. The van der Waals surface area contributed by atoms with Crippen LogP contribution in [0.4, 0.5) is 11.4 Å². The summed E-state index contributed by atoms with van der Waals surface area (Å²) in [5.41, 5.74) is 3.50. The molecule has 0 bridgehead atoms. The van der Waals surface area contributed by atoms with Crippen LogP contribution in [0.1, 0.15) is 24.4 Å². The molecule has 2 aliphatic rings. The fraction of sp³-hybridized carbons (Fsp3) is 0.367. The van der Waals surface area contributed by atoms with Crippen LogP contribution in [0.25, 0.3) is 0 Å². The van der Waals surface area contributed by atoms with E-state index >= 15 is 0 Å². The second kappa shape index (κ2) is 11.6. The average molecular weight is 469 g/mol. The third-order valence-electron chi connectivity index (χ3n) is 7.54. The Morgan fingerprint density at radius 3 is 1.71 bits per heavy atom. The molecule has 2 saturated heterocycles. The maximum Gasteiger partial charge on any atom is 0.157 e. The van der Waals surface area contributed by atoms with Crippen LogP contribution in [0, 0.1) is 5.92 Å². The van der Waals surface area contributed by atoms with Gasteiger partial charge in [-0.15, -0.1) is 0 Å². The molecule has 0 aliphatic carbocycles. The Bertz CT molecular complexity index is 992. The summed E-state index contributed by atoms with van der Waals surface area (Å²) in [5, 5.41) is 3.53. The number of benzene rings is 3. The van der Waals surface area contributed by atoms with Gasteiger partial charge in [-0.1, -0.05) is 66.7 Å². The number of nitrogens with one attached hydrogen (secondary N) is 1. The fourth-order valence-corrected chi connectivity index (χ4v) is 5.81. The van der Waals surface area contributed by atoms with Gasteiger partial charge in [-0.3, -0.25) is 14.6 Å². The van der Waals surface area contributed by atoms with Crippen molar-refractivity contribution in [2.24, 2.45) is 5.92 Å². The lowest BCUT2D eigenvalue weighted by Crippen LogP contribution is -2.57. The standard InChI is InChI=1S/C30H36N4O/c35-24-29(34(27-12-6-2-7-13-27)28-14-8-3-9-15-28)32-20-22-33(23-21-32)30(25-10-4-1-5-11-25)26-16-18-31-19-17-26/h1-15,24,26,29-31H,16-23H2. The predicted octanol–water partition coefficient (Wildman–Crippen LogP) is 4.71. The summed E-state index contributed by atoms with van der Waals surface area (Å²) < 4.78 is 0. The van der Waals surface area contributed by atoms with E-state index in [1.165, 1.54) is 18.4 Å². The van der Waals surface area contributed by atoms with Gasteiger partial charge in [0.15, 0.2) is 6.29 Å². The third-order valence-corrected chi connectivity index (χ3v) is 7.54. The van der Waals surface area contributed by atoms with Gasteiger partial charge < -0.3 is 10.2 Å². The minimum atomic E-state index is -0.337. The number of piperazine rings is 1. The first-order valence-corrected chi connectivity index (χ1v) is 12.9. The smallest absolute Gasteiger partial charge is 0.157 e. The Kier molecular flexibility index (Phi) is 7.89. The van der Waals surface area contributed by atoms with E-state index in [4.69, 9.17) is 0 Å². The molecular formula is C30H36N4O. The molecule has 0 aromatic heterocycles. The first kappa shape index (κ1) is 23.7. The summed E-state index contributed by atoms with van der Waals surface area (Å²) in [6.45, 7) is 5.87. The van der Waals surface area contributed by atoms with E-state index < -0.39 is 0 Å². The number of nitrogens with zero attached hydrogens (tertiary/aromatic N) is 3. The monoisotopic (exact) mass is 468 g/mol. The molecule has 2 unspecified atom stereocenters. The van der Waals surface area contributed by atoms with Gasteiger partial charge in [0.05, 0.1) is 0 Å². The molecule has 5 heteroatoms. The SMILES string of the molecule is O=CC(N1CCN(C(c2ccccc2)C2CCNCC2)CC1)N(c1ccccc1)c1ccccc1. The summed E-state index contributed by atoms with van der Waals surface area (Å²) in [4.78, 5) is 19.8. The molecule has 5 rings (SSSR count). The highest BCUT2D eigenvalue weighted by molar-refractivity contribution is 5.74. The van der Waals surface area contributed by atoms with E-state index in [-0.39, 0.29) is 6.17 Å². The van der Waals surface area contributed by atoms with Crippen molar-refractivity contribution in [3.05, 3.63) is 96.6 Å². The topological polar surface area (TPSA) is 38.8 Å². The number of piperidine rings is 1. The molecule has 3 aromatic rings. The van der Waals surface area contributed by atoms with Crippen molar-refractivity contribution >= 4 is 17.7 Å². The van der Waals surface area contributed by atoms with Crippen LogP contribution in [0.15, 0.2) is 91.0 Å². The predicted molar refractivity (Wildman–Crippen MR) is 143 cm³/mol. The maximum absolute atomic E-state index is 12.6. The molecule has 5 nitrogen and oxygen atoms in total. The van der Waals surface area contributed by atoms with Crippen molar-refractivity contribution in [2.75, 3.05) is 44.2 Å². The largest absolute Gasteiger partial charge is 0.318 e. The van der Waals surface area contributed by atoms with Crippen molar-refractivity contribution < 1.29 is 4.79 Å². The lowest BCUT2D eigenvalue weighted by atomic mass is 9.84. The number of carbonyl (C=O) groups is 1. The molecule has 182 valence electrons. The van der Waals surface area contributed by atoms with Gasteiger partial charge in [0.1, 0.15) is 6.17 Å². The molecule has 0 amide bonds. The highest BCUT2D eigenvalue weighted by atomic mass is 16.1. The zero-order chi connectivity index (χ0) is 23.9. The number of aldehydes is 1. The minimum absolute atomic E-state index is 0.337. The Labute approximate surface area is 209 Å². The fourth-order valence-electron chi connectivity index (χ4n) is 5.81. The highest BCUT2D eigenvalue weighted by Gasteiger charge is 2.35. The summed E-state index contributed by atoms with van der Waals surface area (Å²) in [6, 6.07) is 32.0. The maximum atomic E-state index is 12.6. The molecule has 2 aliphatic heterocycles. The van der Waals surface area contributed by atoms with Crippen molar-refractivity contribution in [2.45, 2.75) is 25.0 Å². The van der Waals surface area contributed by atoms with Crippen LogP contribution in [-0.4, -0.2) is 61.5 Å². The molecule has 0 radical (unpaired) electrons.